The summed E-state index contributed by atoms with van der Waals surface area (Å²) in [5.41, 5.74) is 13.1. The molecule has 1 aliphatic carbocycles. The van der Waals surface area contributed by atoms with Crippen LogP contribution in [0.1, 0.15) is 25.0 Å². The zero-order valence-corrected chi connectivity index (χ0v) is 27.2. The molecule has 0 radical (unpaired) electrons. The fourth-order valence-corrected chi connectivity index (χ4v) is 8.98. The lowest BCUT2D eigenvalue weighted by Gasteiger charge is -2.22. The smallest absolute Gasteiger partial charge is 0.263 e. The Hall–Kier alpha value is -6.19. The van der Waals surface area contributed by atoms with Crippen molar-refractivity contribution in [2.45, 2.75) is 19.3 Å². The predicted octanol–water partition coefficient (Wildman–Crippen LogP) is 11.3. The molecule has 0 saturated heterocycles. The van der Waals surface area contributed by atoms with Gasteiger partial charge in [-0.15, -0.1) is 0 Å². The monoisotopic (exact) mass is 626 g/mol. The first-order valence-electron chi connectivity index (χ1n) is 17.0. The lowest BCUT2D eigenvalue weighted by atomic mass is 9.82. The summed E-state index contributed by atoms with van der Waals surface area (Å²) >= 11 is 0. The van der Waals surface area contributed by atoms with Gasteiger partial charge in [0.15, 0.2) is 0 Å². The van der Waals surface area contributed by atoms with Crippen LogP contribution in [0.25, 0.3) is 87.7 Å². The second kappa shape index (κ2) is 9.24. The van der Waals surface area contributed by atoms with Crippen LogP contribution < -0.4 is 5.56 Å². The summed E-state index contributed by atoms with van der Waals surface area (Å²) < 4.78 is 4.33. The maximum Gasteiger partial charge on any atom is 0.263 e. The zero-order valence-electron chi connectivity index (χ0n) is 27.2. The summed E-state index contributed by atoms with van der Waals surface area (Å²) in [6, 6.07) is 52.3. The first kappa shape index (κ1) is 26.8. The van der Waals surface area contributed by atoms with Gasteiger partial charge in [0, 0.05) is 43.4 Å². The number of aromatic nitrogens is 2. The number of fused-ring (bicyclic) bond motifs is 11. The van der Waals surface area contributed by atoms with Crippen LogP contribution in [0.5, 0.6) is 0 Å². The standard InChI is InChI=1S/C46H30N2O/c1-46(2)39-21-18-27(28-19-23-43-38(25-28)34-15-9-14-33-30-10-3-4-13-35(30)45(49)48(43)44(33)34)24-36(39)37-26-29(20-22-40(37)46)47-41-16-7-5-11-31(41)32-12-6-8-17-42(32)47/h3-26H,1-2H3. The number of benzene rings is 7. The highest BCUT2D eigenvalue weighted by atomic mass is 16.1. The van der Waals surface area contributed by atoms with E-state index in [1.807, 2.05) is 22.6 Å². The normalized spacial score (nSPS) is 13.8. The van der Waals surface area contributed by atoms with Crippen molar-refractivity contribution in [2.75, 3.05) is 0 Å². The van der Waals surface area contributed by atoms with Gasteiger partial charge in [0.05, 0.1) is 22.1 Å². The predicted molar refractivity (Wildman–Crippen MR) is 205 cm³/mol. The van der Waals surface area contributed by atoms with E-state index in [0.29, 0.717) is 0 Å². The van der Waals surface area contributed by atoms with E-state index in [1.54, 1.807) is 0 Å². The third kappa shape index (κ3) is 3.39. The molecule has 0 saturated carbocycles. The summed E-state index contributed by atoms with van der Waals surface area (Å²) in [7, 11) is 0. The van der Waals surface area contributed by atoms with Crippen LogP contribution in [-0.2, 0) is 5.41 Å². The van der Waals surface area contributed by atoms with Crippen LogP contribution in [-0.4, -0.2) is 8.97 Å². The molecule has 1 aliphatic rings. The van der Waals surface area contributed by atoms with Crippen molar-refractivity contribution in [1.82, 2.24) is 8.97 Å². The Kier molecular flexibility index (Phi) is 5.06. The van der Waals surface area contributed by atoms with Gasteiger partial charge in [0.25, 0.3) is 5.56 Å². The number of hydrogen-bond donors (Lipinski definition) is 0. The van der Waals surface area contributed by atoms with Gasteiger partial charge in [-0.05, 0) is 87.3 Å². The average Bonchev–Trinajstić information content (AvgIpc) is 3.74. The van der Waals surface area contributed by atoms with Gasteiger partial charge in [0.2, 0.25) is 0 Å². The third-order valence-corrected chi connectivity index (χ3v) is 11.3. The molecule has 3 heterocycles. The van der Waals surface area contributed by atoms with Crippen molar-refractivity contribution in [3.05, 3.63) is 167 Å². The van der Waals surface area contributed by atoms with E-state index in [0.717, 1.165) is 43.5 Å². The lowest BCUT2D eigenvalue weighted by molar-refractivity contribution is 0.660. The summed E-state index contributed by atoms with van der Waals surface area (Å²) in [5, 5.41) is 7.63. The molecule has 230 valence electrons. The van der Waals surface area contributed by atoms with Crippen molar-refractivity contribution in [3.8, 4) is 27.9 Å². The van der Waals surface area contributed by atoms with Crippen molar-refractivity contribution >= 4 is 59.8 Å². The highest BCUT2D eigenvalue weighted by molar-refractivity contribution is 6.20. The van der Waals surface area contributed by atoms with Crippen LogP contribution in [0.2, 0.25) is 0 Å². The van der Waals surface area contributed by atoms with Crippen LogP contribution >= 0.6 is 0 Å². The van der Waals surface area contributed by atoms with E-state index in [2.05, 4.69) is 146 Å². The minimum absolute atomic E-state index is 0.0393. The molecule has 10 aromatic rings. The highest BCUT2D eigenvalue weighted by Crippen LogP contribution is 2.51. The Morgan fingerprint density at radius 3 is 1.73 bits per heavy atom. The molecule has 3 aromatic heterocycles. The number of rotatable bonds is 2. The largest absolute Gasteiger partial charge is 0.309 e. The Morgan fingerprint density at radius 1 is 0.449 bits per heavy atom. The summed E-state index contributed by atoms with van der Waals surface area (Å²) in [6.07, 6.45) is 0. The van der Waals surface area contributed by atoms with Crippen molar-refractivity contribution in [1.29, 1.82) is 0 Å². The van der Waals surface area contributed by atoms with Crippen LogP contribution in [0.15, 0.2) is 150 Å². The van der Waals surface area contributed by atoms with Crippen LogP contribution in [0.3, 0.4) is 0 Å². The SMILES string of the molecule is CC1(C)c2ccc(-c3ccc4c(c3)c3cccc5c6ccccc6c(=O)n4c53)cc2-c2cc(-n3c4ccccc4c4ccccc43)ccc21. The molecule has 0 spiro atoms. The minimum atomic E-state index is -0.110. The third-order valence-electron chi connectivity index (χ3n) is 11.3. The Morgan fingerprint density at radius 2 is 1.00 bits per heavy atom. The fourth-order valence-electron chi connectivity index (χ4n) is 8.98. The number of hydrogen-bond acceptors (Lipinski definition) is 1. The number of pyridine rings is 1. The quantitative estimate of drug-likeness (QED) is 0.175. The van der Waals surface area contributed by atoms with E-state index in [4.69, 9.17) is 0 Å². The molecule has 0 atom stereocenters. The van der Waals surface area contributed by atoms with E-state index in [1.165, 1.54) is 55.3 Å². The minimum Gasteiger partial charge on any atom is -0.309 e. The van der Waals surface area contributed by atoms with Crippen molar-refractivity contribution in [3.63, 3.8) is 0 Å². The molecule has 0 unspecified atom stereocenters. The van der Waals surface area contributed by atoms with Gasteiger partial charge in [-0.1, -0.05) is 111 Å². The molecule has 0 aliphatic heterocycles. The van der Waals surface area contributed by atoms with Crippen LogP contribution in [0, 0.1) is 0 Å². The van der Waals surface area contributed by atoms with Gasteiger partial charge < -0.3 is 4.57 Å². The van der Waals surface area contributed by atoms with E-state index < -0.39 is 0 Å². The lowest BCUT2D eigenvalue weighted by Crippen LogP contribution is -2.14. The van der Waals surface area contributed by atoms with Gasteiger partial charge in [0.1, 0.15) is 0 Å². The molecule has 7 aromatic carbocycles. The van der Waals surface area contributed by atoms with Crippen molar-refractivity contribution in [2.24, 2.45) is 0 Å². The van der Waals surface area contributed by atoms with E-state index in [-0.39, 0.29) is 11.0 Å². The second-order valence-corrected chi connectivity index (χ2v) is 14.1. The van der Waals surface area contributed by atoms with E-state index >= 15 is 0 Å². The molecule has 3 nitrogen and oxygen atoms in total. The van der Waals surface area contributed by atoms with Crippen LogP contribution in [0.4, 0.5) is 0 Å². The van der Waals surface area contributed by atoms with E-state index in [9.17, 15) is 4.79 Å². The van der Waals surface area contributed by atoms with Gasteiger partial charge >= 0.3 is 0 Å². The topological polar surface area (TPSA) is 26.4 Å². The van der Waals surface area contributed by atoms with Gasteiger partial charge in [-0.2, -0.15) is 0 Å². The molecule has 3 heteroatoms. The first-order valence-corrected chi connectivity index (χ1v) is 17.0. The summed E-state index contributed by atoms with van der Waals surface area (Å²) in [6.45, 7) is 4.68. The Balaban J connectivity index is 1.12. The Labute approximate surface area is 282 Å². The molecular formula is C46H30N2O. The number of para-hydroxylation sites is 3. The second-order valence-electron chi connectivity index (χ2n) is 14.1. The molecule has 49 heavy (non-hydrogen) atoms. The zero-order chi connectivity index (χ0) is 32.6. The summed E-state index contributed by atoms with van der Waals surface area (Å²) in [5.74, 6) is 0. The molecule has 0 fully saturated rings. The maximum absolute atomic E-state index is 13.8. The van der Waals surface area contributed by atoms with Gasteiger partial charge in [-0.3, -0.25) is 9.20 Å². The maximum atomic E-state index is 13.8. The molecule has 11 rings (SSSR count). The highest BCUT2D eigenvalue weighted by Gasteiger charge is 2.36. The molecular weight excluding hydrogens is 597 g/mol. The average molecular weight is 627 g/mol. The summed E-state index contributed by atoms with van der Waals surface area (Å²) in [4.78, 5) is 13.8. The Bertz CT molecular complexity index is 3050. The molecule has 0 N–H and O–H groups in total. The molecule has 0 amide bonds. The first-order chi connectivity index (χ1) is 24.0. The fraction of sp³-hybridized carbons (Fsp3) is 0.0652. The number of nitrogens with zero attached hydrogens (tertiary/aromatic N) is 2. The molecule has 0 bridgehead atoms. The van der Waals surface area contributed by atoms with Crippen molar-refractivity contribution < 1.29 is 0 Å². The van der Waals surface area contributed by atoms with Gasteiger partial charge in [-0.25, -0.2) is 0 Å².